The van der Waals surface area contributed by atoms with Gasteiger partial charge in [-0.05, 0) is 68.0 Å². The topological polar surface area (TPSA) is 72.0 Å². The van der Waals surface area contributed by atoms with Crippen LogP contribution in [0.15, 0.2) is 47.5 Å². The lowest BCUT2D eigenvalue weighted by Crippen LogP contribution is -2.26. The highest BCUT2D eigenvalue weighted by atomic mass is 32.2. The molecular formula is C20H21N3O2S2. The molecule has 2 aromatic heterocycles. The number of sulfonamides is 1. The van der Waals surface area contributed by atoms with Gasteiger partial charge in [0.25, 0.3) is 0 Å². The molecule has 0 spiro atoms. The molecule has 0 saturated heterocycles. The standard InChI is InChI=1S/C20H21N3O2S2/c1-14-19(26-20(23-14)18-7-2-3-11-21-18)10-12-22-27(24,25)17-9-8-15-5-4-6-16(15)13-17/h2-3,7-9,11,13,22H,4-6,10,12H2,1H3. The van der Waals surface area contributed by atoms with Crippen LogP contribution in [0.4, 0.5) is 0 Å². The second-order valence-corrected chi connectivity index (χ2v) is 9.53. The fourth-order valence-corrected chi connectivity index (χ4v) is 5.48. The Hall–Kier alpha value is -2.09. The number of aromatic nitrogens is 2. The van der Waals surface area contributed by atoms with Crippen molar-refractivity contribution in [2.75, 3.05) is 6.54 Å². The van der Waals surface area contributed by atoms with E-state index in [1.54, 1.807) is 23.6 Å². The van der Waals surface area contributed by atoms with E-state index in [0.717, 1.165) is 46.1 Å². The summed E-state index contributed by atoms with van der Waals surface area (Å²) in [7, 11) is -3.49. The first-order valence-corrected chi connectivity index (χ1v) is 11.3. The lowest BCUT2D eigenvalue weighted by molar-refractivity contribution is 0.581. The Morgan fingerprint density at radius 1 is 1.15 bits per heavy atom. The summed E-state index contributed by atoms with van der Waals surface area (Å²) in [5, 5.41) is 0.865. The molecule has 0 saturated carbocycles. The molecule has 1 aliphatic rings. The first-order chi connectivity index (χ1) is 13.0. The minimum Gasteiger partial charge on any atom is -0.254 e. The van der Waals surface area contributed by atoms with Crippen LogP contribution >= 0.6 is 11.3 Å². The largest absolute Gasteiger partial charge is 0.254 e. The summed E-state index contributed by atoms with van der Waals surface area (Å²) < 4.78 is 27.9. The zero-order valence-corrected chi connectivity index (χ0v) is 16.7. The number of fused-ring (bicyclic) bond motifs is 1. The molecule has 7 heteroatoms. The monoisotopic (exact) mass is 399 g/mol. The number of aryl methyl sites for hydroxylation is 3. The Balaban J connectivity index is 1.43. The molecule has 27 heavy (non-hydrogen) atoms. The summed E-state index contributed by atoms with van der Waals surface area (Å²) in [5.41, 5.74) is 4.21. The van der Waals surface area contributed by atoms with E-state index in [9.17, 15) is 8.42 Å². The predicted molar refractivity (Wildman–Crippen MR) is 107 cm³/mol. The molecule has 0 fully saturated rings. The van der Waals surface area contributed by atoms with Crippen molar-refractivity contribution >= 4 is 21.4 Å². The quantitative estimate of drug-likeness (QED) is 0.688. The number of hydrogen-bond donors (Lipinski definition) is 1. The van der Waals surface area contributed by atoms with Gasteiger partial charge >= 0.3 is 0 Å². The van der Waals surface area contributed by atoms with E-state index in [2.05, 4.69) is 14.7 Å². The smallest absolute Gasteiger partial charge is 0.240 e. The van der Waals surface area contributed by atoms with Crippen molar-refractivity contribution in [3.05, 3.63) is 64.3 Å². The molecule has 2 heterocycles. The maximum atomic E-state index is 12.6. The summed E-state index contributed by atoms with van der Waals surface area (Å²) in [6.07, 6.45) is 5.48. The normalized spacial score (nSPS) is 13.7. The number of nitrogens with zero attached hydrogens (tertiary/aromatic N) is 2. The number of pyridine rings is 1. The van der Waals surface area contributed by atoms with Gasteiger partial charge in [0, 0.05) is 17.6 Å². The van der Waals surface area contributed by atoms with Gasteiger partial charge in [-0.2, -0.15) is 0 Å². The molecule has 1 aromatic carbocycles. The van der Waals surface area contributed by atoms with Crippen molar-refractivity contribution in [2.45, 2.75) is 37.5 Å². The minimum atomic E-state index is -3.49. The minimum absolute atomic E-state index is 0.351. The zero-order chi connectivity index (χ0) is 18.9. The van der Waals surface area contributed by atoms with E-state index in [1.165, 1.54) is 5.56 Å². The van der Waals surface area contributed by atoms with Crippen LogP contribution in [0, 0.1) is 6.92 Å². The van der Waals surface area contributed by atoms with Gasteiger partial charge in [0.2, 0.25) is 10.0 Å². The fourth-order valence-electron chi connectivity index (χ4n) is 3.36. The number of hydrogen-bond acceptors (Lipinski definition) is 5. The third-order valence-electron chi connectivity index (χ3n) is 4.80. The molecule has 0 aliphatic heterocycles. The highest BCUT2D eigenvalue weighted by molar-refractivity contribution is 7.89. The van der Waals surface area contributed by atoms with E-state index < -0.39 is 10.0 Å². The molecule has 1 N–H and O–H groups in total. The number of benzene rings is 1. The molecule has 0 unspecified atom stereocenters. The van der Waals surface area contributed by atoms with Gasteiger partial charge in [-0.15, -0.1) is 11.3 Å². The van der Waals surface area contributed by atoms with Crippen LogP contribution in [0.1, 0.15) is 28.1 Å². The van der Waals surface area contributed by atoms with Crippen LogP contribution in [0.25, 0.3) is 10.7 Å². The van der Waals surface area contributed by atoms with Crippen LogP contribution in [0.5, 0.6) is 0 Å². The first kappa shape index (κ1) is 18.3. The van der Waals surface area contributed by atoms with E-state index in [4.69, 9.17) is 0 Å². The lowest BCUT2D eigenvalue weighted by atomic mass is 10.1. The van der Waals surface area contributed by atoms with Crippen molar-refractivity contribution in [1.82, 2.24) is 14.7 Å². The molecule has 0 bridgehead atoms. The van der Waals surface area contributed by atoms with Crippen molar-refractivity contribution < 1.29 is 8.42 Å². The molecule has 4 rings (SSSR count). The Morgan fingerprint density at radius 2 is 2.00 bits per heavy atom. The van der Waals surface area contributed by atoms with Gasteiger partial charge in [0.05, 0.1) is 16.3 Å². The van der Waals surface area contributed by atoms with Crippen LogP contribution in [-0.4, -0.2) is 24.9 Å². The van der Waals surface area contributed by atoms with E-state index >= 15 is 0 Å². The van der Waals surface area contributed by atoms with Gasteiger partial charge < -0.3 is 0 Å². The van der Waals surface area contributed by atoms with Gasteiger partial charge in [-0.25, -0.2) is 18.1 Å². The van der Waals surface area contributed by atoms with Crippen LogP contribution in [0.3, 0.4) is 0 Å². The second kappa shape index (κ2) is 7.50. The maximum Gasteiger partial charge on any atom is 0.240 e. The van der Waals surface area contributed by atoms with E-state index in [1.807, 2.05) is 37.3 Å². The van der Waals surface area contributed by atoms with Crippen LogP contribution in [-0.2, 0) is 29.3 Å². The van der Waals surface area contributed by atoms with Gasteiger partial charge in [-0.1, -0.05) is 12.1 Å². The Bertz CT molecular complexity index is 1060. The Labute approximate surface area is 163 Å². The molecular weight excluding hydrogens is 378 g/mol. The van der Waals surface area contributed by atoms with E-state index in [0.29, 0.717) is 17.9 Å². The van der Waals surface area contributed by atoms with Crippen molar-refractivity contribution in [2.24, 2.45) is 0 Å². The maximum absolute atomic E-state index is 12.6. The predicted octanol–water partition coefficient (Wildman–Crippen LogP) is 3.52. The van der Waals surface area contributed by atoms with Crippen LogP contribution < -0.4 is 4.72 Å². The summed E-state index contributed by atoms with van der Waals surface area (Å²) in [4.78, 5) is 10.3. The molecule has 1 aliphatic carbocycles. The zero-order valence-electron chi connectivity index (χ0n) is 15.1. The van der Waals surface area contributed by atoms with E-state index in [-0.39, 0.29) is 0 Å². The van der Waals surface area contributed by atoms with Gasteiger partial charge in [0.1, 0.15) is 5.01 Å². The lowest BCUT2D eigenvalue weighted by Gasteiger charge is -2.08. The average Bonchev–Trinajstić information content (AvgIpc) is 3.28. The molecule has 0 radical (unpaired) electrons. The van der Waals surface area contributed by atoms with Gasteiger partial charge in [-0.3, -0.25) is 4.98 Å². The number of nitrogens with one attached hydrogen (secondary N) is 1. The van der Waals surface area contributed by atoms with Crippen molar-refractivity contribution in [3.63, 3.8) is 0 Å². The summed E-state index contributed by atoms with van der Waals surface area (Å²) in [6, 6.07) is 11.2. The summed E-state index contributed by atoms with van der Waals surface area (Å²) in [6.45, 7) is 2.30. The highest BCUT2D eigenvalue weighted by Crippen LogP contribution is 2.27. The highest BCUT2D eigenvalue weighted by Gasteiger charge is 2.18. The summed E-state index contributed by atoms with van der Waals surface area (Å²) >= 11 is 1.57. The summed E-state index contributed by atoms with van der Waals surface area (Å²) in [5.74, 6) is 0. The molecule has 0 atom stereocenters. The Morgan fingerprint density at radius 3 is 2.81 bits per heavy atom. The number of rotatable bonds is 6. The molecule has 5 nitrogen and oxygen atoms in total. The Kier molecular flexibility index (Phi) is 5.08. The first-order valence-electron chi connectivity index (χ1n) is 9.02. The van der Waals surface area contributed by atoms with Crippen LogP contribution in [0.2, 0.25) is 0 Å². The second-order valence-electron chi connectivity index (χ2n) is 6.67. The third-order valence-corrected chi connectivity index (χ3v) is 7.50. The molecule has 0 amide bonds. The third kappa shape index (κ3) is 3.95. The van der Waals surface area contributed by atoms with Crippen molar-refractivity contribution in [1.29, 1.82) is 0 Å². The number of thiazole rings is 1. The molecule has 140 valence electrons. The molecule has 3 aromatic rings. The SMILES string of the molecule is Cc1nc(-c2ccccn2)sc1CCNS(=O)(=O)c1ccc2c(c1)CCC2. The van der Waals surface area contributed by atoms with Crippen molar-refractivity contribution in [3.8, 4) is 10.7 Å². The average molecular weight is 400 g/mol. The van der Waals surface area contributed by atoms with Gasteiger partial charge in [0.15, 0.2) is 0 Å². The fraction of sp³-hybridized carbons (Fsp3) is 0.300.